The maximum Gasteiger partial charge on any atom is 0.263 e. The first-order valence-corrected chi connectivity index (χ1v) is 8.25. The number of nitrogens with one attached hydrogen (secondary N) is 1. The van der Waals surface area contributed by atoms with Crippen molar-refractivity contribution in [3.8, 4) is 0 Å². The molecule has 1 unspecified atom stereocenters. The van der Waals surface area contributed by atoms with Gasteiger partial charge < -0.3 is 14.2 Å². The van der Waals surface area contributed by atoms with Gasteiger partial charge in [0.1, 0.15) is 5.56 Å². The Morgan fingerprint density at radius 3 is 3.08 bits per heavy atom. The van der Waals surface area contributed by atoms with Crippen LogP contribution in [0.15, 0.2) is 23.3 Å². The number of H-pyrrole nitrogens is 1. The van der Waals surface area contributed by atoms with Gasteiger partial charge in [0.2, 0.25) is 0 Å². The number of carbonyl (C=O) groups excluding carboxylic acids is 1. The van der Waals surface area contributed by atoms with Gasteiger partial charge in [0.15, 0.2) is 0 Å². The minimum atomic E-state index is -0.232. The number of aromatic nitrogens is 3. The second kappa shape index (κ2) is 5.90. The van der Waals surface area contributed by atoms with Gasteiger partial charge in [0, 0.05) is 24.9 Å². The first-order valence-electron chi connectivity index (χ1n) is 8.25. The van der Waals surface area contributed by atoms with Crippen molar-refractivity contribution in [2.75, 3.05) is 6.61 Å². The van der Waals surface area contributed by atoms with Gasteiger partial charge in [0.25, 0.3) is 11.5 Å². The van der Waals surface area contributed by atoms with E-state index in [0.29, 0.717) is 25.2 Å². The zero-order chi connectivity index (χ0) is 16.7. The monoisotopic (exact) mass is 328 g/mol. The third-order valence-corrected chi connectivity index (χ3v) is 4.82. The first kappa shape index (κ1) is 15.1. The van der Waals surface area contributed by atoms with Crippen molar-refractivity contribution < 1.29 is 9.53 Å². The van der Waals surface area contributed by atoms with Crippen LogP contribution in [0, 0.1) is 6.92 Å². The van der Waals surface area contributed by atoms with Gasteiger partial charge in [-0.2, -0.15) is 5.10 Å². The van der Waals surface area contributed by atoms with Crippen LogP contribution in [0.5, 0.6) is 0 Å². The summed E-state index contributed by atoms with van der Waals surface area (Å²) in [5, 5.41) is 6.87. The second-order valence-corrected chi connectivity index (χ2v) is 6.50. The minimum Gasteiger partial charge on any atom is -0.376 e. The Bertz CT molecular complexity index is 812. The van der Waals surface area contributed by atoms with Crippen LogP contribution in [-0.4, -0.2) is 38.3 Å². The van der Waals surface area contributed by atoms with Crippen molar-refractivity contribution in [1.29, 1.82) is 0 Å². The van der Waals surface area contributed by atoms with Crippen LogP contribution in [0.3, 0.4) is 0 Å². The number of ether oxygens (including phenoxy) is 1. The fraction of sp³-hybridized carbons (Fsp3) is 0.471. The number of aryl methyl sites for hydroxylation is 1. The van der Waals surface area contributed by atoms with Gasteiger partial charge >= 0.3 is 0 Å². The summed E-state index contributed by atoms with van der Waals surface area (Å²) in [5.74, 6) is -0.219. The quantitative estimate of drug-likeness (QED) is 0.918. The lowest BCUT2D eigenvalue weighted by Crippen LogP contribution is -2.36. The Kier molecular flexibility index (Phi) is 3.72. The van der Waals surface area contributed by atoms with E-state index in [9.17, 15) is 9.59 Å². The van der Waals surface area contributed by atoms with Crippen molar-refractivity contribution in [2.24, 2.45) is 0 Å². The molecule has 2 aliphatic rings. The molecule has 1 fully saturated rings. The molecule has 1 saturated heterocycles. The lowest BCUT2D eigenvalue weighted by atomic mass is 10.1. The first-order chi connectivity index (χ1) is 11.6. The van der Waals surface area contributed by atoms with Gasteiger partial charge in [-0.3, -0.25) is 14.7 Å². The molecule has 7 nitrogen and oxygen atoms in total. The number of nitrogens with zero attached hydrogens (tertiary/aromatic N) is 3. The summed E-state index contributed by atoms with van der Waals surface area (Å²) in [4.78, 5) is 27.4. The molecular weight excluding hydrogens is 308 g/mol. The van der Waals surface area contributed by atoms with Gasteiger partial charge in [-0.05, 0) is 31.4 Å². The van der Waals surface area contributed by atoms with E-state index in [0.717, 1.165) is 30.7 Å². The number of hydrogen-bond acceptors (Lipinski definition) is 4. The number of hydrogen-bond donors (Lipinski definition) is 1. The lowest BCUT2D eigenvalue weighted by Gasteiger charge is -2.18. The van der Waals surface area contributed by atoms with Gasteiger partial charge in [-0.15, -0.1) is 0 Å². The van der Waals surface area contributed by atoms with Gasteiger partial charge in [-0.1, -0.05) is 0 Å². The molecule has 1 atom stereocenters. The van der Waals surface area contributed by atoms with E-state index in [4.69, 9.17) is 4.74 Å². The van der Waals surface area contributed by atoms with Crippen LogP contribution >= 0.6 is 0 Å². The molecular formula is C17H20N4O3. The molecule has 4 heterocycles. The third-order valence-electron chi connectivity index (χ3n) is 4.82. The number of pyridine rings is 1. The van der Waals surface area contributed by atoms with E-state index in [1.807, 2.05) is 13.0 Å². The van der Waals surface area contributed by atoms with E-state index in [1.165, 1.54) is 0 Å². The Morgan fingerprint density at radius 2 is 2.33 bits per heavy atom. The Balaban J connectivity index is 1.61. The molecule has 0 bridgehead atoms. The van der Waals surface area contributed by atoms with Crippen molar-refractivity contribution in [2.45, 2.75) is 45.5 Å². The summed E-state index contributed by atoms with van der Waals surface area (Å²) in [6.07, 6.45) is 5.53. The highest BCUT2D eigenvalue weighted by Crippen LogP contribution is 2.22. The van der Waals surface area contributed by atoms with Crippen LogP contribution in [0.1, 0.15) is 40.0 Å². The smallest absolute Gasteiger partial charge is 0.263 e. The lowest BCUT2D eigenvalue weighted by molar-refractivity contribution is 0.0743. The number of rotatable bonds is 3. The molecule has 0 aromatic carbocycles. The summed E-state index contributed by atoms with van der Waals surface area (Å²) >= 11 is 0. The summed E-state index contributed by atoms with van der Waals surface area (Å²) in [6, 6.07) is 1.83. The molecule has 126 valence electrons. The Labute approximate surface area is 139 Å². The SMILES string of the molecule is Cc1ccn(CC2CCCO2)c(=O)c1C(=O)N1Cc2cn[nH]c2C1. The average molecular weight is 328 g/mol. The van der Waals surface area contributed by atoms with E-state index >= 15 is 0 Å². The summed E-state index contributed by atoms with van der Waals surface area (Å²) < 4.78 is 7.21. The van der Waals surface area contributed by atoms with E-state index < -0.39 is 0 Å². The molecule has 1 amide bonds. The second-order valence-electron chi connectivity index (χ2n) is 6.50. The predicted octanol–water partition coefficient (Wildman–Crippen LogP) is 1.21. The maximum atomic E-state index is 12.9. The molecule has 2 aromatic heterocycles. The van der Waals surface area contributed by atoms with Crippen LogP contribution in [0.2, 0.25) is 0 Å². The number of fused-ring (bicyclic) bond motifs is 1. The molecule has 1 N–H and O–H groups in total. The van der Waals surface area contributed by atoms with E-state index in [-0.39, 0.29) is 23.1 Å². The predicted molar refractivity (Wildman–Crippen MR) is 86.6 cm³/mol. The average Bonchev–Trinajstić information content (AvgIpc) is 3.26. The zero-order valence-electron chi connectivity index (χ0n) is 13.6. The fourth-order valence-corrected chi connectivity index (χ4v) is 3.44. The molecule has 2 aliphatic heterocycles. The number of aromatic amines is 1. The third kappa shape index (κ3) is 2.54. The van der Waals surface area contributed by atoms with Crippen LogP contribution in [0.4, 0.5) is 0 Å². The Morgan fingerprint density at radius 1 is 1.46 bits per heavy atom. The van der Waals surface area contributed by atoms with Crippen LogP contribution in [0.25, 0.3) is 0 Å². The molecule has 4 rings (SSSR count). The molecule has 0 aliphatic carbocycles. The summed E-state index contributed by atoms with van der Waals surface area (Å²) in [6.45, 7) is 4.01. The highest BCUT2D eigenvalue weighted by atomic mass is 16.5. The van der Waals surface area contributed by atoms with E-state index in [1.54, 1.807) is 21.9 Å². The van der Waals surface area contributed by atoms with Crippen molar-refractivity contribution in [3.63, 3.8) is 0 Å². The van der Waals surface area contributed by atoms with Gasteiger partial charge in [0.05, 0.1) is 31.1 Å². The number of amides is 1. The standard InChI is InChI=1S/C17H20N4O3/c1-11-4-5-20(9-13-3-2-6-24-13)16(22)15(11)17(23)21-8-12-7-18-19-14(12)10-21/h4-5,7,13H,2-3,6,8-10H2,1H3,(H,18,19). The normalized spacial score (nSPS) is 19.7. The molecule has 7 heteroatoms. The minimum absolute atomic E-state index is 0.0611. The van der Waals surface area contributed by atoms with Gasteiger partial charge in [-0.25, -0.2) is 0 Å². The molecule has 0 saturated carbocycles. The van der Waals surface area contributed by atoms with Crippen molar-refractivity contribution in [3.05, 3.63) is 51.2 Å². The molecule has 24 heavy (non-hydrogen) atoms. The Hall–Kier alpha value is -2.41. The topological polar surface area (TPSA) is 80.2 Å². The van der Waals surface area contributed by atoms with Crippen molar-refractivity contribution >= 4 is 5.91 Å². The van der Waals surface area contributed by atoms with Crippen LogP contribution < -0.4 is 5.56 Å². The maximum absolute atomic E-state index is 12.9. The summed E-state index contributed by atoms with van der Waals surface area (Å²) in [5.41, 5.74) is 2.69. The fourth-order valence-electron chi connectivity index (χ4n) is 3.44. The molecule has 2 aromatic rings. The largest absolute Gasteiger partial charge is 0.376 e. The zero-order valence-corrected chi connectivity index (χ0v) is 13.6. The number of carbonyl (C=O) groups is 1. The highest BCUT2D eigenvalue weighted by molar-refractivity contribution is 5.95. The van der Waals surface area contributed by atoms with E-state index in [2.05, 4.69) is 10.2 Å². The highest BCUT2D eigenvalue weighted by Gasteiger charge is 2.29. The van der Waals surface area contributed by atoms with Crippen LogP contribution in [-0.2, 0) is 24.4 Å². The summed E-state index contributed by atoms with van der Waals surface area (Å²) in [7, 11) is 0. The molecule has 0 spiro atoms. The van der Waals surface area contributed by atoms with Crippen molar-refractivity contribution in [1.82, 2.24) is 19.7 Å². The molecule has 0 radical (unpaired) electrons.